The number of nitro groups is 1. The van der Waals surface area contributed by atoms with Gasteiger partial charge in [-0.25, -0.2) is 17.2 Å². The van der Waals surface area contributed by atoms with Crippen molar-refractivity contribution in [1.82, 2.24) is 0 Å². The summed E-state index contributed by atoms with van der Waals surface area (Å²) in [5, 5.41) is 10.8. The van der Waals surface area contributed by atoms with Gasteiger partial charge in [-0.3, -0.25) is 14.9 Å². The van der Waals surface area contributed by atoms with E-state index in [0.717, 1.165) is 30.3 Å². The molecule has 0 radical (unpaired) electrons. The quantitative estimate of drug-likeness (QED) is 0.198. The van der Waals surface area contributed by atoms with Crippen molar-refractivity contribution in [2.45, 2.75) is 9.79 Å². The molecule has 0 saturated carbocycles. The van der Waals surface area contributed by atoms with Crippen molar-refractivity contribution >= 4 is 21.3 Å². The number of carbonyl (C=O) groups is 1. The maximum atomic E-state index is 13.4. The van der Waals surface area contributed by atoms with Crippen LogP contribution >= 0.6 is 0 Å². The van der Waals surface area contributed by atoms with Crippen LogP contribution in [0.3, 0.4) is 0 Å². The molecule has 0 aliphatic heterocycles. The average Bonchev–Trinajstić information content (AvgIpc) is 2.84. The molecule has 0 aliphatic carbocycles. The summed E-state index contributed by atoms with van der Waals surface area (Å²) in [5.74, 6) is -2.88. The largest absolute Gasteiger partial charge is 0.315 e. The summed E-state index contributed by atoms with van der Waals surface area (Å²) >= 11 is 0. The molecule has 4 aromatic carbocycles. The molecule has 0 aromatic heterocycles. The molecule has 0 saturated heterocycles. The Morgan fingerprint density at radius 3 is 1.71 bits per heavy atom. The lowest BCUT2D eigenvalue weighted by atomic mass is 10.0. The van der Waals surface area contributed by atoms with E-state index in [0.29, 0.717) is 0 Å². The third-order valence-electron chi connectivity index (χ3n) is 4.66. The van der Waals surface area contributed by atoms with Gasteiger partial charge in [-0.1, -0.05) is 48.5 Å². The van der Waals surface area contributed by atoms with E-state index >= 15 is 0 Å². The SMILES string of the molecule is O=C(c1ccccc1)c1cccc(F)c1[N+](=O)[O-].O=S(=O)(c1cccc(F)c1)c1cccc(F)c1. The first kappa shape index (κ1) is 25.3. The first-order valence-corrected chi connectivity index (χ1v) is 11.4. The van der Waals surface area contributed by atoms with E-state index < -0.39 is 43.7 Å². The summed E-state index contributed by atoms with van der Waals surface area (Å²) in [6, 6.07) is 20.7. The van der Waals surface area contributed by atoms with E-state index in [-0.39, 0.29) is 20.9 Å². The summed E-state index contributed by atoms with van der Waals surface area (Å²) in [6.45, 7) is 0. The molecular weight excluding hydrogens is 483 g/mol. The number of sulfone groups is 1. The predicted molar refractivity (Wildman–Crippen MR) is 121 cm³/mol. The van der Waals surface area contributed by atoms with Gasteiger partial charge in [0.25, 0.3) is 0 Å². The minimum atomic E-state index is -3.86. The molecule has 6 nitrogen and oxygen atoms in total. The van der Waals surface area contributed by atoms with Gasteiger partial charge in [-0.2, -0.15) is 4.39 Å². The van der Waals surface area contributed by atoms with Crippen LogP contribution in [0.4, 0.5) is 18.9 Å². The van der Waals surface area contributed by atoms with Gasteiger partial charge in [0.05, 0.1) is 14.7 Å². The zero-order valence-electron chi connectivity index (χ0n) is 17.8. The summed E-state index contributed by atoms with van der Waals surface area (Å²) in [5.41, 5.74) is -0.747. The van der Waals surface area contributed by atoms with Crippen LogP contribution in [0.5, 0.6) is 0 Å². The predicted octanol–water partition coefficient (Wildman–Crippen LogP) is 5.76. The lowest BCUT2D eigenvalue weighted by Gasteiger charge is -2.04. The van der Waals surface area contributed by atoms with Crippen molar-refractivity contribution < 1.29 is 31.3 Å². The molecule has 0 amide bonds. The van der Waals surface area contributed by atoms with Crippen molar-refractivity contribution in [2.24, 2.45) is 0 Å². The van der Waals surface area contributed by atoms with E-state index in [4.69, 9.17) is 0 Å². The Balaban J connectivity index is 0.000000196. The van der Waals surface area contributed by atoms with Crippen LogP contribution in [-0.2, 0) is 9.84 Å². The highest BCUT2D eigenvalue weighted by Gasteiger charge is 2.25. The first-order valence-electron chi connectivity index (χ1n) is 9.90. The number of benzene rings is 4. The number of ketones is 1. The Morgan fingerprint density at radius 1 is 0.714 bits per heavy atom. The number of halogens is 3. The number of para-hydroxylation sites is 1. The van der Waals surface area contributed by atoms with E-state index in [1.807, 2.05) is 0 Å². The van der Waals surface area contributed by atoms with Crippen molar-refractivity contribution in [3.63, 3.8) is 0 Å². The Labute approximate surface area is 198 Å². The van der Waals surface area contributed by atoms with Crippen molar-refractivity contribution in [3.05, 3.63) is 136 Å². The molecule has 0 atom stereocenters. The standard InChI is InChI=1S/C13H8FNO3.C12H8F2O2S/c14-11-8-4-7-10(12(11)15(17)18)13(16)9-5-2-1-3-6-9;13-9-3-1-5-11(7-9)17(15,16)12-6-2-4-10(14)8-12/h1-8H;1-8H. The van der Waals surface area contributed by atoms with Crippen molar-refractivity contribution in [3.8, 4) is 0 Å². The normalized spacial score (nSPS) is 10.7. The van der Waals surface area contributed by atoms with Crippen LogP contribution in [0.25, 0.3) is 0 Å². The highest BCUT2D eigenvalue weighted by atomic mass is 32.2. The molecule has 4 aromatic rings. The zero-order chi connectivity index (χ0) is 25.6. The van der Waals surface area contributed by atoms with Crippen LogP contribution in [0.15, 0.2) is 107 Å². The number of hydrogen-bond donors (Lipinski definition) is 0. The van der Waals surface area contributed by atoms with Gasteiger partial charge < -0.3 is 0 Å². The molecule has 178 valence electrons. The summed E-state index contributed by atoms with van der Waals surface area (Å²) in [7, 11) is -3.86. The zero-order valence-corrected chi connectivity index (χ0v) is 18.6. The van der Waals surface area contributed by atoms with Crippen LogP contribution < -0.4 is 0 Å². The monoisotopic (exact) mass is 499 g/mol. The average molecular weight is 499 g/mol. The second kappa shape index (κ2) is 10.7. The smallest absolute Gasteiger partial charge is 0.288 e. The van der Waals surface area contributed by atoms with Gasteiger partial charge in [0.1, 0.15) is 17.2 Å². The van der Waals surface area contributed by atoms with Crippen LogP contribution in [0.2, 0.25) is 0 Å². The van der Waals surface area contributed by atoms with Gasteiger partial charge >= 0.3 is 5.69 Å². The van der Waals surface area contributed by atoms with Crippen LogP contribution in [0, 0.1) is 27.6 Å². The maximum Gasteiger partial charge on any atom is 0.315 e. The number of hydrogen-bond acceptors (Lipinski definition) is 5. The minimum absolute atomic E-state index is 0.192. The molecule has 0 bridgehead atoms. The van der Waals surface area contributed by atoms with Gasteiger partial charge in [-0.05, 0) is 48.5 Å². The topological polar surface area (TPSA) is 94.3 Å². The van der Waals surface area contributed by atoms with Gasteiger partial charge in [0.15, 0.2) is 5.78 Å². The Hall–Kier alpha value is -4.31. The molecule has 35 heavy (non-hydrogen) atoms. The minimum Gasteiger partial charge on any atom is -0.288 e. The van der Waals surface area contributed by atoms with E-state index in [1.165, 1.54) is 48.5 Å². The number of nitrogens with zero attached hydrogens (tertiary/aromatic N) is 1. The number of nitro benzene ring substituents is 1. The Kier molecular flexibility index (Phi) is 7.77. The Morgan fingerprint density at radius 2 is 1.23 bits per heavy atom. The highest BCUT2D eigenvalue weighted by molar-refractivity contribution is 7.91. The number of carbonyl (C=O) groups excluding carboxylic acids is 1. The molecule has 0 aliphatic rings. The molecule has 0 N–H and O–H groups in total. The molecule has 0 spiro atoms. The summed E-state index contributed by atoms with van der Waals surface area (Å²) < 4.78 is 63.3. The van der Waals surface area contributed by atoms with Gasteiger partial charge in [0.2, 0.25) is 15.7 Å². The summed E-state index contributed by atoms with van der Waals surface area (Å²) in [4.78, 5) is 21.6. The molecule has 4 rings (SSSR count). The van der Waals surface area contributed by atoms with Gasteiger partial charge in [-0.15, -0.1) is 0 Å². The van der Waals surface area contributed by atoms with Crippen molar-refractivity contribution in [2.75, 3.05) is 0 Å². The highest BCUT2D eigenvalue weighted by Crippen LogP contribution is 2.25. The lowest BCUT2D eigenvalue weighted by molar-refractivity contribution is -0.387. The van der Waals surface area contributed by atoms with Gasteiger partial charge in [0, 0.05) is 5.56 Å². The summed E-state index contributed by atoms with van der Waals surface area (Å²) in [6.07, 6.45) is 0. The molecule has 0 heterocycles. The molecule has 0 fully saturated rings. The third-order valence-corrected chi connectivity index (χ3v) is 6.41. The number of rotatable bonds is 5. The Bertz CT molecular complexity index is 1440. The van der Waals surface area contributed by atoms with E-state index in [2.05, 4.69) is 0 Å². The second-order valence-corrected chi connectivity index (χ2v) is 8.96. The fourth-order valence-corrected chi connectivity index (χ4v) is 4.36. The van der Waals surface area contributed by atoms with E-state index in [1.54, 1.807) is 18.2 Å². The van der Waals surface area contributed by atoms with Crippen LogP contribution in [0.1, 0.15) is 15.9 Å². The van der Waals surface area contributed by atoms with E-state index in [9.17, 15) is 36.5 Å². The van der Waals surface area contributed by atoms with Crippen molar-refractivity contribution in [1.29, 1.82) is 0 Å². The first-order chi connectivity index (χ1) is 16.6. The second-order valence-electron chi connectivity index (χ2n) is 7.01. The maximum absolute atomic E-state index is 13.4. The third kappa shape index (κ3) is 5.98. The molecule has 0 unspecified atom stereocenters. The molecular formula is C25H16F3NO5S. The fraction of sp³-hybridized carbons (Fsp3) is 0. The fourth-order valence-electron chi connectivity index (χ4n) is 3.03. The van der Waals surface area contributed by atoms with Crippen LogP contribution in [-0.4, -0.2) is 19.1 Å². The lowest BCUT2D eigenvalue weighted by Crippen LogP contribution is -2.06. The molecule has 10 heteroatoms.